The van der Waals surface area contributed by atoms with Crippen LogP contribution in [0.25, 0.3) is 21.3 Å². The molecule has 4 aromatic rings. The van der Waals surface area contributed by atoms with Crippen LogP contribution < -0.4 is 10.9 Å². The fourth-order valence-corrected chi connectivity index (χ4v) is 4.23. The summed E-state index contributed by atoms with van der Waals surface area (Å²) in [5, 5.41) is 4.83. The van der Waals surface area contributed by atoms with E-state index in [1.807, 2.05) is 53.9 Å². The molecule has 146 valence electrons. The highest BCUT2D eigenvalue weighted by Crippen LogP contribution is 2.30. The maximum atomic E-state index is 12.8. The number of carbonyl (C=O) groups excluding carboxylic acids is 1. The predicted octanol–water partition coefficient (Wildman–Crippen LogP) is 3.87. The molecule has 2 aromatic carbocycles. The normalized spacial score (nSPS) is 10.9. The molecule has 2 heterocycles. The van der Waals surface area contributed by atoms with Crippen molar-refractivity contribution in [1.82, 2.24) is 14.9 Å². The highest BCUT2D eigenvalue weighted by Gasteiger charge is 2.13. The lowest BCUT2D eigenvalue weighted by Crippen LogP contribution is -2.32. The van der Waals surface area contributed by atoms with Gasteiger partial charge in [-0.25, -0.2) is 4.98 Å². The third kappa shape index (κ3) is 4.43. The van der Waals surface area contributed by atoms with E-state index in [0.717, 1.165) is 24.0 Å². The maximum absolute atomic E-state index is 12.8. The van der Waals surface area contributed by atoms with E-state index in [2.05, 4.69) is 22.4 Å². The lowest BCUT2D eigenvalue weighted by atomic mass is 10.1. The second-order valence-corrected chi connectivity index (χ2v) is 7.69. The molecule has 0 saturated heterocycles. The lowest BCUT2D eigenvalue weighted by molar-refractivity contribution is -0.121. The number of aromatic nitrogens is 2. The number of nitrogens with zero attached hydrogens (tertiary/aromatic N) is 2. The SMILES string of the molecule is O=C(Cn1cnc2c(-c3ccccc3)csc2c1=O)NCCCc1ccccc1. The van der Waals surface area contributed by atoms with E-state index >= 15 is 0 Å². The first-order valence-electron chi connectivity index (χ1n) is 9.55. The van der Waals surface area contributed by atoms with Gasteiger partial charge in [-0.05, 0) is 24.0 Å². The van der Waals surface area contributed by atoms with Gasteiger partial charge in [-0.1, -0.05) is 60.7 Å². The van der Waals surface area contributed by atoms with Crippen LogP contribution in [0.4, 0.5) is 0 Å². The standard InChI is InChI=1S/C23H21N3O2S/c27-20(24-13-7-10-17-8-3-1-4-9-17)14-26-16-25-21-19(15-29-22(21)23(26)28)18-11-5-2-6-12-18/h1-6,8-9,11-12,15-16H,7,10,13-14H2,(H,24,27). The molecule has 0 aliphatic carbocycles. The van der Waals surface area contributed by atoms with Crippen LogP contribution in [0.3, 0.4) is 0 Å². The van der Waals surface area contributed by atoms with E-state index < -0.39 is 0 Å². The van der Waals surface area contributed by atoms with Gasteiger partial charge in [-0.15, -0.1) is 11.3 Å². The molecule has 1 amide bonds. The summed E-state index contributed by atoms with van der Waals surface area (Å²) in [6, 6.07) is 20.0. The zero-order valence-electron chi connectivity index (χ0n) is 15.9. The van der Waals surface area contributed by atoms with Crippen molar-refractivity contribution in [2.45, 2.75) is 19.4 Å². The van der Waals surface area contributed by atoms with Crippen LogP contribution in [-0.2, 0) is 17.8 Å². The summed E-state index contributed by atoms with van der Waals surface area (Å²) in [5.74, 6) is -0.179. The van der Waals surface area contributed by atoms with Crippen LogP contribution in [-0.4, -0.2) is 22.0 Å². The first-order chi connectivity index (χ1) is 14.2. The number of carbonyl (C=O) groups is 1. The molecule has 0 spiro atoms. The quantitative estimate of drug-likeness (QED) is 0.477. The maximum Gasteiger partial charge on any atom is 0.271 e. The topological polar surface area (TPSA) is 64.0 Å². The van der Waals surface area contributed by atoms with Gasteiger partial charge < -0.3 is 5.32 Å². The van der Waals surface area contributed by atoms with Crippen molar-refractivity contribution < 1.29 is 4.79 Å². The Morgan fingerprint density at radius 3 is 2.52 bits per heavy atom. The average Bonchev–Trinajstić information content (AvgIpc) is 3.20. The van der Waals surface area contributed by atoms with Crippen molar-refractivity contribution in [3.05, 3.63) is 88.3 Å². The Morgan fingerprint density at radius 2 is 1.76 bits per heavy atom. The first-order valence-corrected chi connectivity index (χ1v) is 10.4. The highest BCUT2D eigenvalue weighted by atomic mass is 32.1. The summed E-state index contributed by atoms with van der Waals surface area (Å²) in [6.45, 7) is 0.557. The van der Waals surface area contributed by atoms with E-state index in [1.54, 1.807) is 0 Å². The van der Waals surface area contributed by atoms with E-state index in [4.69, 9.17) is 0 Å². The number of hydrogen-bond donors (Lipinski definition) is 1. The molecular weight excluding hydrogens is 382 g/mol. The minimum atomic E-state index is -0.179. The van der Waals surface area contributed by atoms with Crippen LogP contribution in [0.5, 0.6) is 0 Å². The summed E-state index contributed by atoms with van der Waals surface area (Å²) in [7, 11) is 0. The van der Waals surface area contributed by atoms with Gasteiger partial charge in [0.2, 0.25) is 5.91 Å². The summed E-state index contributed by atoms with van der Waals surface area (Å²) in [4.78, 5) is 29.5. The summed E-state index contributed by atoms with van der Waals surface area (Å²) >= 11 is 1.37. The van der Waals surface area contributed by atoms with Crippen LogP contribution in [0, 0.1) is 0 Å². The Morgan fingerprint density at radius 1 is 1.03 bits per heavy atom. The largest absolute Gasteiger partial charge is 0.355 e. The van der Waals surface area contributed by atoms with Gasteiger partial charge in [0.05, 0.1) is 11.8 Å². The lowest BCUT2D eigenvalue weighted by Gasteiger charge is -2.07. The molecule has 0 aliphatic heterocycles. The Balaban J connectivity index is 1.40. The molecule has 0 aliphatic rings. The molecule has 4 rings (SSSR count). The van der Waals surface area contributed by atoms with Gasteiger partial charge >= 0.3 is 0 Å². The molecule has 0 fully saturated rings. The van der Waals surface area contributed by atoms with Gasteiger partial charge in [0.1, 0.15) is 11.2 Å². The number of rotatable bonds is 7. The fraction of sp³-hybridized carbons (Fsp3) is 0.174. The molecular formula is C23H21N3O2S. The van der Waals surface area contributed by atoms with Crippen molar-refractivity contribution in [2.75, 3.05) is 6.54 Å². The van der Waals surface area contributed by atoms with Crippen LogP contribution in [0.2, 0.25) is 0 Å². The molecule has 1 N–H and O–H groups in total. The van der Waals surface area contributed by atoms with Crippen molar-refractivity contribution in [2.24, 2.45) is 0 Å². The van der Waals surface area contributed by atoms with Crippen molar-refractivity contribution in [3.8, 4) is 11.1 Å². The third-order valence-corrected chi connectivity index (χ3v) is 5.71. The molecule has 2 aromatic heterocycles. The van der Waals surface area contributed by atoms with Crippen LogP contribution in [0.15, 0.2) is 77.2 Å². The second-order valence-electron chi connectivity index (χ2n) is 6.81. The van der Waals surface area contributed by atoms with Crippen LogP contribution in [0.1, 0.15) is 12.0 Å². The van der Waals surface area contributed by atoms with Crippen molar-refractivity contribution in [3.63, 3.8) is 0 Å². The number of nitrogens with one attached hydrogen (secondary N) is 1. The average molecular weight is 404 g/mol. The summed E-state index contributed by atoms with van der Waals surface area (Å²) in [6.07, 6.45) is 3.23. The first kappa shape index (κ1) is 19.1. The third-order valence-electron chi connectivity index (χ3n) is 4.75. The molecule has 5 nitrogen and oxygen atoms in total. The van der Waals surface area contributed by atoms with Gasteiger partial charge in [-0.3, -0.25) is 14.2 Å². The molecule has 29 heavy (non-hydrogen) atoms. The Bertz CT molecular complexity index is 1170. The number of hydrogen-bond acceptors (Lipinski definition) is 4. The predicted molar refractivity (Wildman–Crippen MR) is 117 cm³/mol. The highest BCUT2D eigenvalue weighted by molar-refractivity contribution is 7.17. The zero-order chi connectivity index (χ0) is 20.1. The Hall–Kier alpha value is -3.25. The molecule has 0 bridgehead atoms. The molecule has 0 atom stereocenters. The second kappa shape index (κ2) is 8.84. The summed E-state index contributed by atoms with van der Waals surface area (Å²) in [5.41, 5.74) is 3.73. The van der Waals surface area contributed by atoms with E-state index in [0.29, 0.717) is 16.8 Å². The van der Waals surface area contributed by atoms with Gasteiger partial charge in [0, 0.05) is 17.5 Å². The number of amides is 1. The molecule has 0 radical (unpaired) electrons. The van der Waals surface area contributed by atoms with Crippen molar-refractivity contribution >= 4 is 27.5 Å². The smallest absolute Gasteiger partial charge is 0.271 e. The van der Waals surface area contributed by atoms with E-state index in [-0.39, 0.29) is 18.0 Å². The van der Waals surface area contributed by atoms with E-state index in [1.165, 1.54) is 27.8 Å². The van der Waals surface area contributed by atoms with Crippen molar-refractivity contribution in [1.29, 1.82) is 0 Å². The Labute approximate surface area is 172 Å². The molecule has 0 unspecified atom stereocenters. The van der Waals surface area contributed by atoms with Gasteiger partial charge in [0.25, 0.3) is 5.56 Å². The molecule has 6 heteroatoms. The number of benzene rings is 2. The number of thiophene rings is 1. The fourth-order valence-electron chi connectivity index (χ4n) is 3.25. The van der Waals surface area contributed by atoms with Gasteiger partial charge in [-0.2, -0.15) is 0 Å². The van der Waals surface area contributed by atoms with Crippen LogP contribution >= 0.6 is 11.3 Å². The monoisotopic (exact) mass is 403 g/mol. The number of fused-ring (bicyclic) bond motifs is 1. The Kier molecular flexibility index (Phi) is 5.81. The minimum Gasteiger partial charge on any atom is -0.355 e. The zero-order valence-corrected chi connectivity index (χ0v) is 16.7. The van der Waals surface area contributed by atoms with Gasteiger partial charge in [0.15, 0.2) is 0 Å². The number of aryl methyl sites for hydroxylation is 1. The minimum absolute atomic E-state index is 0.0221. The van der Waals surface area contributed by atoms with E-state index in [9.17, 15) is 9.59 Å². The summed E-state index contributed by atoms with van der Waals surface area (Å²) < 4.78 is 1.95. The molecule has 0 saturated carbocycles.